The van der Waals surface area contributed by atoms with Gasteiger partial charge in [-0.15, -0.1) is 0 Å². The second kappa shape index (κ2) is 8.90. The molecule has 17 heavy (non-hydrogen) atoms. The minimum Gasteiger partial charge on any atom is -0.378 e. The predicted octanol–water partition coefficient (Wildman–Crippen LogP) is 2.27. The van der Waals surface area contributed by atoms with Crippen molar-refractivity contribution in [1.29, 1.82) is 0 Å². The van der Waals surface area contributed by atoms with Crippen LogP contribution in [0.5, 0.6) is 0 Å². The van der Waals surface area contributed by atoms with E-state index < -0.39 is 0 Å². The van der Waals surface area contributed by atoms with Gasteiger partial charge in [-0.2, -0.15) is 0 Å². The van der Waals surface area contributed by atoms with Gasteiger partial charge in [0.25, 0.3) is 0 Å². The summed E-state index contributed by atoms with van der Waals surface area (Å²) >= 11 is 0. The average molecular weight is 242 g/mol. The van der Waals surface area contributed by atoms with Gasteiger partial charge in [-0.25, -0.2) is 0 Å². The van der Waals surface area contributed by atoms with Gasteiger partial charge in [0.1, 0.15) is 0 Å². The Morgan fingerprint density at radius 2 is 2.00 bits per heavy atom. The summed E-state index contributed by atoms with van der Waals surface area (Å²) in [6.07, 6.45) is 6.82. The first-order chi connectivity index (χ1) is 8.30. The maximum atomic E-state index is 5.67. The number of piperidine rings is 1. The molecule has 1 heterocycles. The van der Waals surface area contributed by atoms with Crippen molar-refractivity contribution in [3.05, 3.63) is 0 Å². The first-order valence-corrected chi connectivity index (χ1v) is 7.31. The van der Waals surface area contributed by atoms with E-state index in [2.05, 4.69) is 31.1 Å². The van der Waals surface area contributed by atoms with Crippen LogP contribution in [0.25, 0.3) is 0 Å². The highest BCUT2D eigenvalue weighted by atomic mass is 16.5. The van der Waals surface area contributed by atoms with Crippen molar-refractivity contribution in [2.24, 2.45) is 0 Å². The van der Waals surface area contributed by atoms with Crippen LogP contribution in [-0.2, 0) is 4.74 Å². The van der Waals surface area contributed by atoms with E-state index in [0.29, 0.717) is 12.1 Å². The van der Waals surface area contributed by atoms with Gasteiger partial charge < -0.3 is 15.0 Å². The highest BCUT2D eigenvalue weighted by Crippen LogP contribution is 2.14. The third-order valence-electron chi connectivity index (χ3n) is 3.86. The largest absolute Gasteiger partial charge is 0.378 e. The lowest BCUT2D eigenvalue weighted by molar-refractivity contribution is 0.0139. The SMILES string of the molecule is CCOC1CCN(CCCC(CC)NC)CC1. The fourth-order valence-electron chi connectivity index (χ4n) is 2.65. The molecule has 0 amide bonds. The Kier molecular flexibility index (Phi) is 7.82. The molecular formula is C14H30N2O. The third-order valence-corrected chi connectivity index (χ3v) is 3.86. The summed E-state index contributed by atoms with van der Waals surface area (Å²) in [6, 6.07) is 0.705. The van der Waals surface area contributed by atoms with Gasteiger partial charge in [0, 0.05) is 25.7 Å². The van der Waals surface area contributed by atoms with Gasteiger partial charge >= 0.3 is 0 Å². The monoisotopic (exact) mass is 242 g/mol. The normalized spacial score (nSPS) is 20.6. The van der Waals surface area contributed by atoms with E-state index in [9.17, 15) is 0 Å². The second-order valence-electron chi connectivity index (χ2n) is 5.03. The Morgan fingerprint density at radius 1 is 1.29 bits per heavy atom. The van der Waals surface area contributed by atoms with Crippen molar-refractivity contribution >= 4 is 0 Å². The van der Waals surface area contributed by atoms with Gasteiger partial charge in [-0.1, -0.05) is 6.92 Å². The van der Waals surface area contributed by atoms with E-state index in [1.165, 1.54) is 51.7 Å². The molecule has 1 fully saturated rings. The molecule has 0 aromatic heterocycles. The van der Waals surface area contributed by atoms with Crippen molar-refractivity contribution < 1.29 is 4.74 Å². The summed E-state index contributed by atoms with van der Waals surface area (Å²) in [5.74, 6) is 0. The van der Waals surface area contributed by atoms with Crippen molar-refractivity contribution in [3.8, 4) is 0 Å². The van der Waals surface area contributed by atoms with E-state index >= 15 is 0 Å². The number of hydrogen-bond acceptors (Lipinski definition) is 3. The van der Waals surface area contributed by atoms with Crippen LogP contribution in [-0.4, -0.2) is 50.3 Å². The molecule has 0 bridgehead atoms. The summed E-state index contributed by atoms with van der Waals surface area (Å²) < 4.78 is 5.67. The fraction of sp³-hybridized carbons (Fsp3) is 1.00. The Labute approximate surface area is 107 Å². The van der Waals surface area contributed by atoms with Crippen LogP contribution < -0.4 is 5.32 Å². The highest BCUT2D eigenvalue weighted by Gasteiger charge is 2.18. The quantitative estimate of drug-likeness (QED) is 0.706. The molecule has 0 aliphatic carbocycles. The molecule has 1 N–H and O–H groups in total. The molecule has 1 unspecified atom stereocenters. The van der Waals surface area contributed by atoms with Gasteiger partial charge in [0.2, 0.25) is 0 Å². The first kappa shape index (κ1) is 14.9. The van der Waals surface area contributed by atoms with Crippen LogP contribution in [0.4, 0.5) is 0 Å². The van der Waals surface area contributed by atoms with E-state index in [0.717, 1.165) is 6.61 Å². The summed E-state index contributed by atoms with van der Waals surface area (Å²) in [6.45, 7) is 8.92. The molecule has 0 spiro atoms. The van der Waals surface area contributed by atoms with Crippen LogP contribution >= 0.6 is 0 Å². The second-order valence-corrected chi connectivity index (χ2v) is 5.03. The number of ether oxygens (including phenoxy) is 1. The summed E-state index contributed by atoms with van der Waals surface area (Å²) in [7, 11) is 2.07. The summed E-state index contributed by atoms with van der Waals surface area (Å²) in [4.78, 5) is 2.60. The number of nitrogens with one attached hydrogen (secondary N) is 1. The van der Waals surface area contributed by atoms with E-state index in [4.69, 9.17) is 4.74 Å². The van der Waals surface area contributed by atoms with Crippen LogP contribution in [0.15, 0.2) is 0 Å². The van der Waals surface area contributed by atoms with Gasteiger partial charge in [-0.3, -0.25) is 0 Å². The van der Waals surface area contributed by atoms with Crippen LogP contribution in [0.2, 0.25) is 0 Å². The summed E-state index contributed by atoms with van der Waals surface area (Å²) in [5, 5.41) is 3.37. The molecule has 0 aromatic carbocycles. The fourth-order valence-corrected chi connectivity index (χ4v) is 2.65. The average Bonchev–Trinajstić information content (AvgIpc) is 2.37. The molecule has 102 valence electrons. The van der Waals surface area contributed by atoms with Gasteiger partial charge in [-0.05, 0) is 52.6 Å². The summed E-state index contributed by atoms with van der Waals surface area (Å²) in [5.41, 5.74) is 0. The maximum absolute atomic E-state index is 5.67. The lowest BCUT2D eigenvalue weighted by Gasteiger charge is -2.32. The number of hydrogen-bond donors (Lipinski definition) is 1. The molecule has 1 atom stereocenters. The molecule has 3 nitrogen and oxygen atoms in total. The predicted molar refractivity (Wildman–Crippen MR) is 73.5 cm³/mol. The molecule has 1 aliphatic heterocycles. The minimum absolute atomic E-state index is 0.525. The Morgan fingerprint density at radius 3 is 2.53 bits per heavy atom. The van der Waals surface area contributed by atoms with Crippen molar-refractivity contribution in [3.63, 3.8) is 0 Å². The number of likely N-dealkylation sites (tertiary alicyclic amines) is 1. The van der Waals surface area contributed by atoms with E-state index in [-0.39, 0.29) is 0 Å². The molecule has 0 saturated carbocycles. The van der Waals surface area contributed by atoms with Crippen molar-refractivity contribution in [2.45, 2.75) is 58.1 Å². The lowest BCUT2D eigenvalue weighted by atomic mass is 10.1. The zero-order chi connectivity index (χ0) is 12.5. The van der Waals surface area contributed by atoms with Crippen molar-refractivity contribution in [1.82, 2.24) is 10.2 Å². The van der Waals surface area contributed by atoms with Crippen LogP contribution in [0.1, 0.15) is 46.0 Å². The minimum atomic E-state index is 0.525. The van der Waals surface area contributed by atoms with Crippen molar-refractivity contribution in [2.75, 3.05) is 33.3 Å². The standard InChI is InChI=1S/C14H30N2O/c1-4-13(15-3)7-6-10-16-11-8-14(9-12-16)17-5-2/h13-15H,4-12H2,1-3H3. The first-order valence-electron chi connectivity index (χ1n) is 7.31. The van der Waals surface area contributed by atoms with Gasteiger partial charge in [0.05, 0.1) is 6.10 Å². The Hall–Kier alpha value is -0.120. The molecule has 0 aromatic rings. The zero-order valence-electron chi connectivity index (χ0n) is 11.9. The van der Waals surface area contributed by atoms with E-state index in [1.807, 2.05) is 0 Å². The molecular weight excluding hydrogens is 212 g/mol. The molecule has 1 saturated heterocycles. The van der Waals surface area contributed by atoms with Crippen LogP contribution in [0, 0.1) is 0 Å². The topological polar surface area (TPSA) is 24.5 Å². The smallest absolute Gasteiger partial charge is 0.0599 e. The molecule has 0 radical (unpaired) electrons. The lowest BCUT2D eigenvalue weighted by Crippen LogP contribution is -2.38. The maximum Gasteiger partial charge on any atom is 0.0599 e. The highest BCUT2D eigenvalue weighted by molar-refractivity contribution is 4.73. The Balaban J connectivity index is 2.06. The number of rotatable bonds is 8. The Bertz CT molecular complexity index is 175. The van der Waals surface area contributed by atoms with Gasteiger partial charge in [0.15, 0.2) is 0 Å². The number of nitrogens with zero attached hydrogens (tertiary/aromatic N) is 1. The van der Waals surface area contributed by atoms with Crippen LogP contribution in [0.3, 0.4) is 0 Å². The van der Waals surface area contributed by atoms with E-state index in [1.54, 1.807) is 0 Å². The third kappa shape index (κ3) is 5.84. The molecule has 1 aliphatic rings. The molecule has 3 heteroatoms. The zero-order valence-corrected chi connectivity index (χ0v) is 11.9. The molecule has 1 rings (SSSR count).